The van der Waals surface area contributed by atoms with E-state index in [9.17, 15) is 0 Å². The van der Waals surface area contributed by atoms with Crippen molar-refractivity contribution in [1.29, 1.82) is 0 Å². The lowest BCUT2D eigenvalue weighted by Gasteiger charge is -2.13. The summed E-state index contributed by atoms with van der Waals surface area (Å²) in [6.45, 7) is 2.53. The Morgan fingerprint density at radius 1 is 1.36 bits per heavy atom. The van der Waals surface area contributed by atoms with Crippen molar-refractivity contribution in [3.05, 3.63) is 52.8 Å². The number of nitrogens with one attached hydrogen (secondary N) is 2. The molecule has 7 heteroatoms. The fourth-order valence-corrected chi connectivity index (χ4v) is 1.93. The molecule has 1 aromatic heterocycles. The van der Waals surface area contributed by atoms with E-state index < -0.39 is 0 Å². The third-order valence-corrected chi connectivity index (χ3v) is 3.13. The quantitative estimate of drug-likeness (QED) is 0.258. The van der Waals surface area contributed by atoms with Gasteiger partial charge in [-0.05, 0) is 30.7 Å². The molecule has 1 heterocycles. The average molecular weight is 323 g/mol. The zero-order chi connectivity index (χ0) is 16.4. The number of benzene rings is 1. The number of anilines is 1. The maximum absolute atomic E-state index is 8.94. The third kappa shape index (κ3) is 5.23. The summed E-state index contributed by atoms with van der Waals surface area (Å²) >= 11 is 5.95. The zero-order valence-corrected chi connectivity index (χ0v) is 13.2. The number of hydrogen-bond acceptors (Lipinski definition) is 5. The van der Waals surface area contributed by atoms with Gasteiger partial charge in [-0.2, -0.15) is 0 Å². The predicted octanol–water partition coefficient (Wildman–Crippen LogP) is 2.27. The lowest BCUT2D eigenvalue weighted by molar-refractivity contribution is -0.109. The molecule has 2 rings (SSSR count). The van der Waals surface area contributed by atoms with E-state index in [1.54, 1.807) is 17.7 Å². The Labute approximate surface area is 134 Å². The van der Waals surface area contributed by atoms with E-state index in [1.165, 1.54) is 5.56 Å². The fraction of sp³-hybridized carbons (Fsp3) is 0.200. The Morgan fingerprint density at radius 2 is 2.09 bits per heavy atom. The molecule has 0 aliphatic carbocycles. The molecular weight excluding hydrogens is 304 g/mol. The van der Waals surface area contributed by atoms with E-state index >= 15 is 0 Å². The first-order valence-corrected chi connectivity index (χ1v) is 6.91. The van der Waals surface area contributed by atoms with Gasteiger partial charge in [0.05, 0.1) is 0 Å². The fourth-order valence-electron chi connectivity index (χ4n) is 1.76. The number of aryl methyl sites for hydroxylation is 1. The van der Waals surface area contributed by atoms with Gasteiger partial charge in [0.15, 0.2) is 10.9 Å². The molecule has 0 atom stereocenters. The smallest absolute Gasteiger partial charge is 0.221 e. The van der Waals surface area contributed by atoms with Gasteiger partial charge in [-0.25, -0.2) is 10.8 Å². The molecule has 0 aliphatic rings. The third-order valence-electron chi connectivity index (χ3n) is 2.84. The number of rotatable bonds is 5. The number of nitrogens with two attached hydrogens (primary N) is 1. The summed E-state index contributed by atoms with van der Waals surface area (Å²) in [4.78, 5) is 12.9. The van der Waals surface area contributed by atoms with Crippen LogP contribution in [-0.4, -0.2) is 18.4 Å². The molecule has 0 bridgehead atoms. The molecule has 0 fully saturated rings. The first kappa shape index (κ1) is 17.7. The van der Waals surface area contributed by atoms with Crippen LogP contribution in [0.1, 0.15) is 11.1 Å². The van der Waals surface area contributed by atoms with Gasteiger partial charge in [-0.15, -0.1) is 0 Å². The Balaban J connectivity index is 0.000000541. The largest absolute Gasteiger partial charge is 0.486 e. The molecule has 0 spiro atoms. The van der Waals surface area contributed by atoms with E-state index in [0.717, 1.165) is 11.3 Å². The Morgan fingerprint density at radius 3 is 2.68 bits per heavy atom. The molecule has 0 saturated carbocycles. The lowest BCUT2D eigenvalue weighted by Crippen LogP contribution is -2.18. The molecule has 118 valence electrons. The number of carbonyl (C=O) groups excluding carboxylic acids is 1. The molecule has 22 heavy (non-hydrogen) atoms. The number of pyridine rings is 1. The highest BCUT2D eigenvalue weighted by atomic mass is 35.5. The summed E-state index contributed by atoms with van der Waals surface area (Å²) in [5.41, 5.74) is 5.12. The van der Waals surface area contributed by atoms with E-state index in [2.05, 4.69) is 29.1 Å². The Hall–Kier alpha value is -2.31. The molecular formula is C15H19ClN4O2. The van der Waals surface area contributed by atoms with Crippen LogP contribution < -0.4 is 21.3 Å². The van der Waals surface area contributed by atoms with Gasteiger partial charge in [0, 0.05) is 24.5 Å². The number of amides is 1. The number of ether oxygens (including phenoxy) is 1. The van der Waals surface area contributed by atoms with Crippen molar-refractivity contribution >= 4 is 23.7 Å². The number of hydrogen-bond donors (Lipinski definition) is 3. The minimum absolute atomic E-state index is 0.386. The summed E-state index contributed by atoms with van der Waals surface area (Å²) < 4.78 is 5.71. The SMILES string of the molecule is CNc1cccc(C)c1COc1cccnc1Cl.NNC=O. The molecule has 2 aromatic rings. The van der Waals surface area contributed by atoms with E-state index in [-0.39, 0.29) is 0 Å². The molecule has 0 radical (unpaired) electrons. The second kappa shape index (κ2) is 9.59. The van der Waals surface area contributed by atoms with Crippen molar-refractivity contribution in [2.75, 3.05) is 12.4 Å². The van der Waals surface area contributed by atoms with Gasteiger partial charge in [-0.1, -0.05) is 23.7 Å². The van der Waals surface area contributed by atoms with Crippen LogP contribution in [0.3, 0.4) is 0 Å². The molecule has 0 saturated heterocycles. The van der Waals surface area contributed by atoms with Crippen LogP contribution >= 0.6 is 11.6 Å². The van der Waals surface area contributed by atoms with E-state index in [4.69, 9.17) is 21.1 Å². The summed E-state index contributed by atoms with van der Waals surface area (Å²) in [5, 5.41) is 3.54. The van der Waals surface area contributed by atoms with Crippen LogP contribution in [0, 0.1) is 6.92 Å². The highest BCUT2D eigenvalue weighted by molar-refractivity contribution is 6.30. The van der Waals surface area contributed by atoms with Gasteiger partial charge in [0.1, 0.15) is 6.61 Å². The Bertz CT molecular complexity index is 608. The van der Waals surface area contributed by atoms with Crippen LogP contribution in [0.15, 0.2) is 36.5 Å². The van der Waals surface area contributed by atoms with Crippen LogP contribution in [-0.2, 0) is 11.4 Å². The van der Waals surface area contributed by atoms with Crippen LogP contribution in [0.4, 0.5) is 5.69 Å². The van der Waals surface area contributed by atoms with Gasteiger partial charge >= 0.3 is 0 Å². The molecule has 0 aliphatic heterocycles. The topological polar surface area (TPSA) is 89.3 Å². The van der Waals surface area contributed by atoms with E-state index in [0.29, 0.717) is 23.9 Å². The first-order valence-electron chi connectivity index (χ1n) is 6.53. The maximum atomic E-state index is 8.94. The summed E-state index contributed by atoms with van der Waals surface area (Å²) in [6, 6.07) is 9.72. The van der Waals surface area contributed by atoms with E-state index in [1.807, 2.05) is 25.2 Å². The summed E-state index contributed by atoms with van der Waals surface area (Å²) in [5.74, 6) is 5.01. The number of nitrogens with zero attached hydrogens (tertiary/aromatic N) is 1. The first-order chi connectivity index (χ1) is 10.6. The van der Waals surface area contributed by atoms with Crippen molar-refractivity contribution in [2.45, 2.75) is 13.5 Å². The lowest BCUT2D eigenvalue weighted by atomic mass is 10.1. The highest BCUT2D eigenvalue weighted by Crippen LogP contribution is 2.25. The predicted molar refractivity (Wildman–Crippen MR) is 87.7 cm³/mol. The standard InChI is InChI=1S/C14H15ClN2O.CH4N2O/c1-10-5-3-6-12(16-2)11(10)9-18-13-7-4-8-17-14(13)15;2-3-1-4/h3-8,16H,9H2,1-2H3;1H,2H2,(H,3,4). The molecule has 0 unspecified atom stereocenters. The van der Waals surface area contributed by atoms with Gasteiger partial charge < -0.3 is 10.1 Å². The second-order valence-corrected chi connectivity index (χ2v) is 4.57. The van der Waals surface area contributed by atoms with Gasteiger partial charge in [0.25, 0.3) is 0 Å². The molecule has 6 nitrogen and oxygen atoms in total. The van der Waals surface area contributed by atoms with Crippen molar-refractivity contribution in [3.8, 4) is 5.75 Å². The van der Waals surface area contributed by atoms with Crippen molar-refractivity contribution in [1.82, 2.24) is 10.4 Å². The summed E-state index contributed by atoms with van der Waals surface area (Å²) in [7, 11) is 1.90. The van der Waals surface area contributed by atoms with Crippen molar-refractivity contribution in [2.24, 2.45) is 5.84 Å². The number of carbonyl (C=O) groups is 1. The average Bonchev–Trinajstić information content (AvgIpc) is 2.55. The second-order valence-electron chi connectivity index (χ2n) is 4.22. The van der Waals surface area contributed by atoms with Crippen LogP contribution in [0.2, 0.25) is 5.15 Å². The highest BCUT2D eigenvalue weighted by Gasteiger charge is 2.07. The van der Waals surface area contributed by atoms with Gasteiger partial charge in [-0.3, -0.25) is 10.2 Å². The number of aromatic nitrogens is 1. The monoisotopic (exact) mass is 322 g/mol. The Kier molecular flexibility index (Phi) is 7.74. The normalized spacial score (nSPS) is 9.27. The minimum Gasteiger partial charge on any atom is -0.486 e. The van der Waals surface area contributed by atoms with Crippen molar-refractivity contribution < 1.29 is 9.53 Å². The minimum atomic E-state index is 0.386. The molecule has 1 aromatic carbocycles. The summed E-state index contributed by atoms with van der Waals surface area (Å²) in [6.07, 6.45) is 2.04. The number of hydrazine groups is 1. The molecule has 4 N–H and O–H groups in total. The maximum Gasteiger partial charge on any atom is 0.221 e. The van der Waals surface area contributed by atoms with Crippen LogP contribution in [0.25, 0.3) is 0 Å². The van der Waals surface area contributed by atoms with Gasteiger partial charge in [0.2, 0.25) is 6.41 Å². The number of halogens is 1. The zero-order valence-electron chi connectivity index (χ0n) is 12.5. The van der Waals surface area contributed by atoms with Crippen molar-refractivity contribution in [3.63, 3.8) is 0 Å². The van der Waals surface area contributed by atoms with Crippen LogP contribution in [0.5, 0.6) is 5.75 Å². The molecule has 1 amide bonds.